The quantitative estimate of drug-likeness (QED) is 0.179. The molecule has 0 radical (unpaired) electrons. The molecule has 0 atom stereocenters. The molecule has 4 aromatic rings. The summed E-state index contributed by atoms with van der Waals surface area (Å²) >= 11 is 0. The van der Waals surface area contributed by atoms with Crippen molar-refractivity contribution in [1.29, 1.82) is 0 Å². The van der Waals surface area contributed by atoms with E-state index in [4.69, 9.17) is 4.74 Å². The van der Waals surface area contributed by atoms with E-state index in [-0.39, 0.29) is 17.7 Å². The standard InChI is InChI=1S/C27H16F8O2/c1-14-2-4-15(5-3-14)16-6-7-17(20(28)10-16)13-36-23-9-8-19(24(31)26(23)33)27(34,35)37-18-11-21(29)25(32)22(30)12-18/h2-12H,13H2,1H3. The van der Waals surface area contributed by atoms with Gasteiger partial charge in [-0.05, 0) is 36.2 Å². The van der Waals surface area contributed by atoms with Crippen LogP contribution in [-0.2, 0) is 12.7 Å². The van der Waals surface area contributed by atoms with Crippen molar-refractivity contribution in [2.24, 2.45) is 0 Å². The van der Waals surface area contributed by atoms with Crippen molar-refractivity contribution in [2.45, 2.75) is 19.6 Å². The van der Waals surface area contributed by atoms with Gasteiger partial charge in [0.25, 0.3) is 0 Å². The molecule has 0 amide bonds. The summed E-state index contributed by atoms with van der Waals surface area (Å²) in [5, 5.41) is 0. The smallest absolute Gasteiger partial charge is 0.429 e. The van der Waals surface area contributed by atoms with Gasteiger partial charge >= 0.3 is 6.11 Å². The lowest BCUT2D eigenvalue weighted by Gasteiger charge is -2.20. The van der Waals surface area contributed by atoms with Gasteiger partial charge in [-0.25, -0.2) is 22.0 Å². The van der Waals surface area contributed by atoms with Crippen LogP contribution in [0.4, 0.5) is 35.1 Å². The minimum Gasteiger partial charge on any atom is -0.486 e. The summed E-state index contributed by atoms with van der Waals surface area (Å²) in [6, 6.07) is 12.9. The van der Waals surface area contributed by atoms with E-state index in [9.17, 15) is 35.1 Å². The first-order valence-corrected chi connectivity index (χ1v) is 10.6. The van der Waals surface area contributed by atoms with Crippen LogP contribution in [0, 0.1) is 41.8 Å². The summed E-state index contributed by atoms with van der Waals surface area (Å²) < 4.78 is 121. The number of aryl methyl sites for hydroxylation is 1. The van der Waals surface area contributed by atoms with Crippen molar-refractivity contribution >= 4 is 0 Å². The topological polar surface area (TPSA) is 18.5 Å². The Bertz CT molecular complexity index is 1430. The molecular formula is C27H16F8O2. The SMILES string of the molecule is Cc1ccc(-c2ccc(COc3ccc(C(F)(F)Oc4cc(F)c(F)c(F)c4)c(F)c3F)c(F)c2)cc1. The number of hydrogen-bond acceptors (Lipinski definition) is 2. The molecule has 0 bridgehead atoms. The van der Waals surface area contributed by atoms with Crippen LogP contribution in [0.15, 0.2) is 66.7 Å². The number of benzene rings is 4. The lowest BCUT2D eigenvalue weighted by atomic mass is 10.0. The fraction of sp³-hybridized carbons (Fsp3) is 0.111. The average molecular weight is 524 g/mol. The molecule has 0 unspecified atom stereocenters. The van der Waals surface area contributed by atoms with Gasteiger partial charge in [0.2, 0.25) is 5.82 Å². The van der Waals surface area contributed by atoms with E-state index in [0.29, 0.717) is 17.7 Å². The average Bonchev–Trinajstić information content (AvgIpc) is 2.84. The lowest BCUT2D eigenvalue weighted by Crippen LogP contribution is -2.24. The van der Waals surface area contributed by atoms with Crippen molar-refractivity contribution in [2.75, 3.05) is 0 Å². The van der Waals surface area contributed by atoms with E-state index in [1.54, 1.807) is 6.07 Å². The molecule has 192 valence electrons. The van der Waals surface area contributed by atoms with Gasteiger partial charge in [0.1, 0.15) is 23.7 Å². The summed E-state index contributed by atoms with van der Waals surface area (Å²) in [5.74, 6) is -12.1. The summed E-state index contributed by atoms with van der Waals surface area (Å²) in [4.78, 5) is 0. The number of halogens is 8. The van der Waals surface area contributed by atoms with Crippen molar-refractivity contribution in [3.63, 3.8) is 0 Å². The number of ether oxygens (including phenoxy) is 2. The summed E-state index contributed by atoms with van der Waals surface area (Å²) in [5.41, 5.74) is 0.739. The molecule has 0 fully saturated rings. The monoisotopic (exact) mass is 524 g/mol. The molecular weight excluding hydrogens is 508 g/mol. The third-order valence-corrected chi connectivity index (χ3v) is 5.38. The molecule has 0 saturated carbocycles. The maximum atomic E-state index is 14.6. The molecule has 0 spiro atoms. The van der Waals surface area contributed by atoms with Crippen molar-refractivity contribution in [3.8, 4) is 22.6 Å². The van der Waals surface area contributed by atoms with E-state index in [1.165, 1.54) is 12.1 Å². The van der Waals surface area contributed by atoms with Crippen LogP contribution in [0.2, 0.25) is 0 Å². The van der Waals surface area contributed by atoms with Gasteiger partial charge in [-0.3, -0.25) is 0 Å². The fourth-order valence-electron chi connectivity index (χ4n) is 3.41. The van der Waals surface area contributed by atoms with E-state index in [0.717, 1.165) is 11.1 Å². The number of alkyl halides is 2. The first-order valence-electron chi connectivity index (χ1n) is 10.6. The Morgan fingerprint density at radius 1 is 0.649 bits per heavy atom. The molecule has 4 rings (SSSR count). The lowest BCUT2D eigenvalue weighted by molar-refractivity contribution is -0.188. The van der Waals surface area contributed by atoms with Crippen molar-refractivity contribution < 1.29 is 44.6 Å². The molecule has 0 aliphatic heterocycles. The first-order chi connectivity index (χ1) is 17.5. The minimum atomic E-state index is -4.60. The van der Waals surface area contributed by atoms with E-state index in [2.05, 4.69) is 4.74 Å². The second-order valence-electron chi connectivity index (χ2n) is 8.02. The van der Waals surface area contributed by atoms with E-state index >= 15 is 0 Å². The molecule has 0 N–H and O–H groups in total. The predicted molar refractivity (Wildman–Crippen MR) is 118 cm³/mol. The number of hydrogen-bond donors (Lipinski definition) is 0. The highest BCUT2D eigenvalue weighted by molar-refractivity contribution is 5.64. The summed E-state index contributed by atoms with van der Waals surface area (Å²) in [6.45, 7) is 1.36. The second-order valence-corrected chi connectivity index (χ2v) is 8.02. The minimum absolute atomic E-state index is 0.00577. The van der Waals surface area contributed by atoms with Gasteiger partial charge in [-0.1, -0.05) is 42.0 Å². The molecule has 0 heterocycles. The predicted octanol–water partition coefficient (Wildman–Crippen LogP) is 8.20. The second kappa shape index (κ2) is 10.1. The molecule has 37 heavy (non-hydrogen) atoms. The molecule has 4 aromatic carbocycles. The Balaban J connectivity index is 1.51. The third-order valence-electron chi connectivity index (χ3n) is 5.38. The van der Waals surface area contributed by atoms with Gasteiger partial charge < -0.3 is 9.47 Å². The van der Waals surface area contributed by atoms with Crippen LogP contribution < -0.4 is 9.47 Å². The maximum absolute atomic E-state index is 14.6. The van der Waals surface area contributed by atoms with Gasteiger partial charge in [-0.2, -0.15) is 13.2 Å². The van der Waals surface area contributed by atoms with Gasteiger partial charge in [-0.15, -0.1) is 0 Å². The summed E-state index contributed by atoms with van der Waals surface area (Å²) in [6.07, 6.45) is -4.60. The molecule has 0 aliphatic rings. The zero-order chi connectivity index (χ0) is 26.9. The van der Waals surface area contributed by atoms with Gasteiger partial charge in [0.05, 0.1) is 0 Å². The molecule has 10 heteroatoms. The highest BCUT2D eigenvalue weighted by Crippen LogP contribution is 2.37. The van der Waals surface area contributed by atoms with Crippen LogP contribution >= 0.6 is 0 Å². The van der Waals surface area contributed by atoms with Crippen LogP contribution in [0.3, 0.4) is 0 Å². The Kier molecular flexibility index (Phi) is 7.11. The van der Waals surface area contributed by atoms with Crippen LogP contribution in [0.25, 0.3) is 11.1 Å². The van der Waals surface area contributed by atoms with Crippen LogP contribution in [0.5, 0.6) is 11.5 Å². The zero-order valence-corrected chi connectivity index (χ0v) is 18.9. The molecule has 0 aromatic heterocycles. The number of rotatable bonds is 7. The highest BCUT2D eigenvalue weighted by Gasteiger charge is 2.40. The van der Waals surface area contributed by atoms with Crippen LogP contribution in [-0.4, -0.2) is 0 Å². The third kappa shape index (κ3) is 5.52. The largest absolute Gasteiger partial charge is 0.486 e. The maximum Gasteiger partial charge on any atom is 0.429 e. The van der Waals surface area contributed by atoms with Gasteiger partial charge in [0.15, 0.2) is 29.0 Å². The Hall–Kier alpha value is -4.08. The highest BCUT2D eigenvalue weighted by atomic mass is 19.3. The molecule has 2 nitrogen and oxygen atoms in total. The van der Waals surface area contributed by atoms with E-state index in [1.807, 2.05) is 31.2 Å². The fourth-order valence-corrected chi connectivity index (χ4v) is 3.41. The van der Waals surface area contributed by atoms with Crippen LogP contribution in [0.1, 0.15) is 16.7 Å². The molecule has 0 saturated heterocycles. The first kappa shape index (κ1) is 26.0. The van der Waals surface area contributed by atoms with E-state index < -0.39 is 64.7 Å². The normalized spacial score (nSPS) is 11.5. The van der Waals surface area contributed by atoms with Crippen molar-refractivity contribution in [1.82, 2.24) is 0 Å². The zero-order valence-electron chi connectivity index (χ0n) is 18.9. The Labute approximate surface area is 205 Å². The Morgan fingerprint density at radius 3 is 1.89 bits per heavy atom. The van der Waals surface area contributed by atoms with Gasteiger partial charge in [0, 0.05) is 17.7 Å². The molecule has 0 aliphatic carbocycles. The van der Waals surface area contributed by atoms with Crippen molar-refractivity contribution in [3.05, 3.63) is 118 Å². The summed E-state index contributed by atoms with van der Waals surface area (Å²) in [7, 11) is 0. The Morgan fingerprint density at radius 2 is 1.27 bits per heavy atom.